The SMILES string of the molecule is CC/C=C\C/C=C\C/C=C\C/C=C\CCCCC(=O)NC(COC1OC(CO)C(OC2OC(CO)C(O)C(O)C2O)C(O)C1O)C(O)CCCCCCCCCCCCCCCCCCCCCCCCCCCCCC. The summed E-state index contributed by atoms with van der Waals surface area (Å²) in [5.41, 5.74) is 0. The number of ether oxygens (including phenoxy) is 4. The molecule has 2 aliphatic heterocycles. The second kappa shape index (κ2) is 48.6. The molecular weight excluding hydrogens is 979 g/mol. The van der Waals surface area contributed by atoms with Crippen molar-refractivity contribution in [2.24, 2.45) is 0 Å². The second-order valence-corrected chi connectivity index (χ2v) is 22.2. The van der Waals surface area contributed by atoms with Gasteiger partial charge in [-0.05, 0) is 51.4 Å². The van der Waals surface area contributed by atoms with E-state index >= 15 is 0 Å². The topological polar surface area (TPSA) is 228 Å². The molecule has 0 spiro atoms. The van der Waals surface area contributed by atoms with Crippen LogP contribution in [-0.4, -0.2) is 140 Å². The van der Waals surface area contributed by atoms with Crippen molar-refractivity contribution >= 4 is 5.91 Å². The molecule has 9 N–H and O–H groups in total. The number of carbonyl (C=O) groups excluding carboxylic acids is 1. The normalized spacial score (nSPS) is 25.0. The van der Waals surface area contributed by atoms with Gasteiger partial charge in [0.25, 0.3) is 0 Å². The van der Waals surface area contributed by atoms with Crippen LogP contribution in [-0.2, 0) is 23.7 Å². The molecule has 0 bridgehead atoms. The molecule has 2 aliphatic rings. The summed E-state index contributed by atoms with van der Waals surface area (Å²) in [5, 5.41) is 87.3. The fourth-order valence-electron chi connectivity index (χ4n) is 10.3. The van der Waals surface area contributed by atoms with Crippen LogP contribution in [0.25, 0.3) is 0 Å². The van der Waals surface area contributed by atoms with E-state index in [9.17, 15) is 45.6 Å². The molecule has 0 aromatic rings. The first-order valence-electron chi connectivity index (χ1n) is 31.4. The van der Waals surface area contributed by atoms with Gasteiger partial charge in [0.15, 0.2) is 12.6 Å². The summed E-state index contributed by atoms with van der Waals surface area (Å²) < 4.78 is 22.8. The van der Waals surface area contributed by atoms with Crippen molar-refractivity contribution < 1.29 is 64.6 Å². The lowest BCUT2D eigenvalue weighted by atomic mass is 9.97. The summed E-state index contributed by atoms with van der Waals surface area (Å²) in [6.45, 7) is 2.73. The molecule has 14 heteroatoms. The quantitative estimate of drug-likeness (QED) is 0.0204. The Morgan fingerprint density at radius 3 is 1.35 bits per heavy atom. The highest BCUT2D eigenvalue weighted by molar-refractivity contribution is 5.76. The lowest BCUT2D eigenvalue weighted by Gasteiger charge is -2.46. The highest BCUT2D eigenvalue weighted by atomic mass is 16.7. The number of hydrogen-bond donors (Lipinski definition) is 9. The zero-order valence-corrected chi connectivity index (χ0v) is 48.5. The fraction of sp³-hybridized carbons (Fsp3) is 0.857. The molecule has 0 aliphatic carbocycles. The van der Waals surface area contributed by atoms with Gasteiger partial charge in [-0.15, -0.1) is 0 Å². The zero-order chi connectivity index (χ0) is 56.0. The Bertz CT molecular complexity index is 1480. The maximum Gasteiger partial charge on any atom is 0.220 e. The van der Waals surface area contributed by atoms with Crippen LogP contribution in [0.15, 0.2) is 48.6 Å². The number of rotatable bonds is 50. The van der Waals surface area contributed by atoms with Crippen LogP contribution >= 0.6 is 0 Å². The number of aliphatic hydroxyl groups is 8. The van der Waals surface area contributed by atoms with E-state index in [1.54, 1.807) is 0 Å². The molecule has 2 rings (SSSR count). The summed E-state index contributed by atoms with van der Waals surface area (Å²) in [4.78, 5) is 13.2. The maximum atomic E-state index is 13.2. The van der Waals surface area contributed by atoms with Crippen LogP contribution in [0.2, 0.25) is 0 Å². The van der Waals surface area contributed by atoms with Crippen molar-refractivity contribution in [2.45, 2.75) is 325 Å². The Labute approximate surface area is 467 Å². The average Bonchev–Trinajstić information content (AvgIpc) is 3.44. The molecule has 0 aromatic carbocycles. The smallest absolute Gasteiger partial charge is 0.220 e. The van der Waals surface area contributed by atoms with E-state index in [4.69, 9.17) is 18.9 Å². The standard InChI is InChI=1S/C63H115NO13/c1-3-5-7-9-11-13-15-17-19-20-21-22-23-24-25-26-27-28-29-30-31-33-34-36-38-40-42-44-46-52(67)51(64-55(68)47-45-43-41-39-37-35-32-18-16-14-12-10-8-6-4-2)50-74-62-60(73)58(71)61(54(49-66)76-62)77-63-59(72)57(70)56(69)53(48-65)75-63/h6,8,12,14,18,32,37,39,51-54,56-63,65-67,69-73H,3-5,7,9-11,13,15-17,19-31,33-36,38,40-50H2,1-2H3,(H,64,68)/b8-6-,14-12-,32-18-,39-37-. The van der Waals surface area contributed by atoms with Gasteiger partial charge < -0.3 is 65.1 Å². The number of allylic oxidation sites excluding steroid dienone is 8. The number of carbonyl (C=O) groups is 1. The summed E-state index contributed by atoms with van der Waals surface area (Å²) >= 11 is 0. The minimum atomic E-state index is -1.79. The van der Waals surface area contributed by atoms with Crippen LogP contribution in [0.4, 0.5) is 0 Å². The maximum absolute atomic E-state index is 13.2. The van der Waals surface area contributed by atoms with Crippen molar-refractivity contribution in [3.8, 4) is 0 Å². The molecule has 12 atom stereocenters. The first-order valence-corrected chi connectivity index (χ1v) is 31.4. The van der Waals surface area contributed by atoms with E-state index in [-0.39, 0.29) is 18.9 Å². The highest BCUT2D eigenvalue weighted by Gasteiger charge is 2.51. The Kier molecular flexibility index (Phi) is 44.9. The molecule has 12 unspecified atom stereocenters. The van der Waals surface area contributed by atoms with Gasteiger partial charge in [-0.1, -0.05) is 242 Å². The average molecular weight is 1090 g/mol. The van der Waals surface area contributed by atoms with E-state index in [1.807, 2.05) is 0 Å². The third kappa shape index (κ3) is 34.1. The Balaban J connectivity index is 1.70. The summed E-state index contributed by atoms with van der Waals surface area (Å²) in [6, 6.07) is -0.852. The summed E-state index contributed by atoms with van der Waals surface area (Å²) in [6.07, 6.45) is 44.2. The molecule has 2 saturated heterocycles. The molecule has 2 heterocycles. The van der Waals surface area contributed by atoms with Gasteiger partial charge in [0.05, 0.1) is 32.0 Å². The molecule has 0 saturated carbocycles. The fourth-order valence-corrected chi connectivity index (χ4v) is 10.3. The molecule has 0 radical (unpaired) electrons. The van der Waals surface area contributed by atoms with Gasteiger partial charge in [0.2, 0.25) is 5.91 Å². The molecule has 0 aromatic heterocycles. The molecule has 14 nitrogen and oxygen atoms in total. The highest BCUT2D eigenvalue weighted by Crippen LogP contribution is 2.30. The van der Waals surface area contributed by atoms with E-state index in [0.29, 0.717) is 12.8 Å². The molecule has 1 amide bonds. The van der Waals surface area contributed by atoms with Crippen LogP contribution < -0.4 is 5.32 Å². The van der Waals surface area contributed by atoms with Crippen molar-refractivity contribution in [2.75, 3.05) is 19.8 Å². The van der Waals surface area contributed by atoms with Crippen LogP contribution in [0.3, 0.4) is 0 Å². The van der Waals surface area contributed by atoms with Gasteiger partial charge in [-0.25, -0.2) is 0 Å². The van der Waals surface area contributed by atoms with E-state index in [0.717, 1.165) is 64.2 Å². The predicted molar refractivity (Wildman–Crippen MR) is 309 cm³/mol. The minimum Gasteiger partial charge on any atom is -0.394 e. The number of unbranched alkanes of at least 4 members (excludes halogenated alkanes) is 29. The third-order valence-corrected chi connectivity index (χ3v) is 15.3. The Hall–Kier alpha value is -2.05. The van der Waals surface area contributed by atoms with Crippen molar-refractivity contribution in [3.63, 3.8) is 0 Å². The lowest BCUT2D eigenvalue weighted by molar-refractivity contribution is -0.359. The van der Waals surface area contributed by atoms with Crippen LogP contribution in [0.1, 0.15) is 251 Å². The van der Waals surface area contributed by atoms with Crippen molar-refractivity contribution in [3.05, 3.63) is 48.6 Å². The summed E-state index contributed by atoms with van der Waals surface area (Å²) in [7, 11) is 0. The van der Waals surface area contributed by atoms with Gasteiger partial charge in [-0.3, -0.25) is 4.79 Å². The molecule has 2 fully saturated rings. The van der Waals surface area contributed by atoms with Crippen molar-refractivity contribution in [1.29, 1.82) is 0 Å². The molecule has 77 heavy (non-hydrogen) atoms. The van der Waals surface area contributed by atoms with Gasteiger partial charge in [-0.2, -0.15) is 0 Å². The molecule has 450 valence electrons. The third-order valence-electron chi connectivity index (χ3n) is 15.3. The summed E-state index contributed by atoms with van der Waals surface area (Å²) in [5.74, 6) is -0.246. The molecular formula is C63H115NO13. The second-order valence-electron chi connectivity index (χ2n) is 22.2. The first-order chi connectivity index (χ1) is 37.6. The van der Waals surface area contributed by atoms with Crippen LogP contribution in [0, 0.1) is 0 Å². The first kappa shape index (κ1) is 71.1. The lowest BCUT2D eigenvalue weighted by Crippen LogP contribution is -2.65. The van der Waals surface area contributed by atoms with E-state index in [2.05, 4.69) is 67.8 Å². The van der Waals surface area contributed by atoms with Crippen LogP contribution in [0.5, 0.6) is 0 Å². The number of amides is 1. The Morgan fingerprint density at radius 2 is 0.896 bits per heavy atom. The van der Waals surface area contributed by atoms with Gasteiger partial charge >= 0.3 is 0 Å². The Morgan fingerprint density at radius 1 is 0.481 bits per heavy atom. The number of hydrogen-bond acceptors (Lipinski definition) is 13. The minimum absolute atomic E-state index is 0.246. The van der Waals surface area contributed by atoms with Crippen molar-refractivity contribution in [1.82, 2.24) is 5.32 Å². The predicted octanol–water partition coefficient (Wildman–Crippen LogP) is 11.2. The van der Waals surface area contributed by atoms with E-state index < -0.39 is 86.8 Å². The number of aliphatic hydroxyl groups excluding tert-OH is 8. The zero-order valence-electron chi connectivity index (χ0n) is 48.5. The van der Waals surface area contributed by atoms with Gasteiger partial charge in [0, 0.05) is 6.42 Å². The largest absolute Gasteiger partial charge is 0.394 e. The van der Waals surface area contributed by atoms with E-state index in [1.165, 1.54) is 154 Å². The monoisotopic (exact) mass is 1090 g/mol. The van der Waals surface area contributed by atoms with Gasteiger partial charge in [0.1, 0.15) is 48.8 Å². The number of nitrogens with one attached hydrogen (secondary N) is 1.